The van der Waals surface area contributed by atoms with Crippen LogP contribution >= 0.6 is 0 Å². The largest absolute Gasteiger partial charge is 0.386 e. The Hall–Kier alpha value is -16.0. The van der Waals surface area contributed by atoms with E-state index in [1.807, 2.05) is 94.4 Å². The van der Waals surface area contributed by atoms with Crippen molar-refractivity contribution >= 4 is 235 Å². The molecule has 24 heteroatoms. The summed E-state index contributed by atoms with van der Waals surface area (Å²) in [7, 11) is 2.99. The molecule has 0 aliphatic carbocycles. The van der Waals surface area contributed by atoms with Gasteiger partial charge in [0.15, 0.2) is 0 Å². The number of fused-ring (bicyclic) bond motifs is 6. The maximum atomic E-state index is 14.0. The second-order valence-corrected chi connectivity index (χ2v) is 36.3. The van der Waals surface area contributed by atoms with Gasteiger partial charge in [-0.1, -0.05) is 127 Å². The van der Waals surface area contributed by atoms with Crippen LogP contribution < -0.4 is 0 Å². The summed E-state index contributed by atoms with van der Waals surface area (Å²) in [5, 5.41) is 20.5. The van der Waals surface area contributed by atoms with Gasteiger partial charge in [0.25, 0.3) is 47.3 Å². The van der Waals surface area contributed by atoms with Crippen molar-refractivity contribution in [3.05, 3.63) is 256 Å². The maximum absolute atomic E-state index is 14.0. The Morgan fingerprint density at radius 1 is 0.194 bits per heavy atom. The normalized spacial score (nSPS) is 15.3. The third kappa shape index (κ3) is 11.6. The van der Waals surface area contributed by atoms with Crippen molar-refractivity contribution in [3.8, 4) is 0 Å². The van der Waals surface area contributed by atoms with E-state index in [0.717, 1.165) is 178 Å². The molecule has 8 aliphatic heterocycles. The molecule has 0 aromatic heterocycles. The number of ether oxygens (including phenoxy) is 4. The van der Waals surface area contributed by atoms with Crippen molar-refractivity contribution in [3.63, 3.8) is 0 Å². The van der Waals surface area contributed by atoms with Gasteiger partial charge in [0.1, 0.15) is 0 Å². The van der Waals surface area contributed by atoms with E-state index in [9.17, 15) is 76.7 Å². The van der Waals surface area contributed by atoms with Crippen LogP contribution in [0.3, 0.4) is 0 Å². The van der Waals surface area contributed by atoms with Crippen LogP contribution in [0, 0.1) is 41.5 Å². The van der Waals surface area contributed by atoms with E-state index in [4.69, 9.17) is 18.9 Å². The summed E-state index contributed by atoms with van der Waals surface area (Å²) >= 11 is 0. The summed E-state index contributed by atoms with van der Waals surface area (Å²) in [6.45, 7) is 16.3. The predicted octanol–water partition coefficient (Wildman–Crippen LogP) is 21.5. The number of hydrogen-bond acceptors (Lipinski definition) is 20. The van der Waals surface area contributed by atoms with Gasteiger partial charge in [-0.2, -0.15) is 0 Å². The summed E-state index contributed by atoms with van der Waals surface area (Å²) in [6, 6.07) is 39.9. The minimum atomic E-state index is -0.784. The monoisotopic (exact) mass is 1780 g/mol. The highest BCUT2D eigenvalue weighted by Crippen LogP contribution is 2.53. The van der Waals surface area contributed by atoms with Gasteiger partial charge in [0.05, 0.1) is 50.1 Å². The highest BCUT2D eigenvalue weighted by atomic mass is 16.6. The van der Waals surface area contributed by atoms with E-state index in [1.165, 1.54) is 74.6 Å². The summed E-state index contributed by atoms with van der Waals surface area (Å²) in [4.78, 5) is 210. The molecule has 0 N–H and O–H groups in total. The molecule has 8 amide bonds. The average Bonchev–Trinajstić information content (AvgIpc) is 0.677. The van der Waals surface area contributed by atoms with E-state index >= 15 is 0 Å². The molecule has 25 rings (SSSR count). The van der Waals surface area contributed by atoms with Crippen molar-refractivity contribution in [2.75, 3.05) is 27.2 Å². The topological polar surface area (TPSA) is 323 Å². The molecule has 0 saturated carbocycles. The molecule has 17 aromatic carbocycles. The zero-order valence-corrected chi connectivity index (χ0v) is 74.6. The van der Waals surface area contributed by atoms with Crippen LogP contribution in [0.1, 0.15) is 290 Å². The highest BCUT2D eigenvalue weighted by Gasteiger charge is 2.44. The number of rotatable bonds is 14. The number of hydrogen-bond donors (Lipinski definition) is 0. The van der Waals surface area contributed by atoms with E-state index in [-0.39, 0.29) is 74.9 Å². The van der Waals surface area contributed by atoms with E-state index in [0.29, 0.717) is 118 Å². The summed E-state index contributed by atoms with van der Waals surface area (Å²) in [5.41, 5.74) is 11.0. The molecule has 0 bridgehead atoms. The van der Waals surface area contributed by atoms with Crippen LogP contribution in [0.15, 0.2) is 133 Å². The molecule has 134 heavy (non-hydrogen) atoms. The highest BCUT2D eigenvalue weighted by molar-refractivity contribution is 6.46. The Bertz CT molecular complexity index is 8180. The number of carbonyl (C=O) groups excluding carboxylic acids is 16. The molecular weight excluding hydrogens is 1700 g/mol. The Kier molecular flexibility index (Phi) is 18.9. The van der Waals surface area contributed by atoms with Crippen LogP contribution in [0.4, 0.5) is 0 Å². The van der Waals surface area contributed by atoms with Gasteiger partial charge in [-0.15, -0.1) is 0 Å². The molecule has 0 fully saturated rings. The van der Waals surface area contributed by atoms with Gasteiger partial charge in [0.2, 0.25) is 0 Å². The number of imide groups is 4. The fourth-order valence-electron chi connectivity index (χ4n) is 22.7. The number of unbranched alkanes of at least 4 members (excludes halogenated alkanes) is 10. The van der Waals surface area contributed by atoms with Gasteiger partial charge in [-0.25, -0.2) is 38.4 Å². The minimum absolute atomic E-state index is 0.176. The standard InChI is InChI=1S/C42H46N2O4.C26H14N2O4.C26H12O6.C16H8O6/c1-5-7-9-11-13-15-21-43-39(45)29-19-17-27-31-23-26(4)34-38-30(40(46)44(42(34)48)22-16-14-12-10-8-6-2)20-18-28(35(31)38)33-25(3)24-32(41(43)47)36(29)37(27)33;1-27-23(29)15-7-3-11-13-5-9-17-22-18(26(32)28(2)25(17)31)10-6-14(20(13)22)12-4-8-16(24(27)30)21(15)19(11)12;1-9-7-15-19-13(23(27)31-25(15)29)6-4-12-18-10(2)8-16-20-14(24(28)32-26(16)30)5-3-11(22(18)20)17(9)21(12)19;1-5-3-7-11-8(14(18)21-13(7)17)4-6(2)10-12(11)9(5)15(19)22-16(10)20/h17-20,23-24H,5-16,21-22H2,1-4H3;3-10H,1-2H3;3-8H,1-2H3;3-4H,1-2H3. The minimum Gasteiger partial charge on any atom is -0.386 e. The second-order valence-electron chi connectivity index (χ2n) is 36.3. The summed E-state index contributed by atoms with van der Waals surface area (Å²) in [6.07, 6.45) is 13.0. The first kappa shape index (κ1) is 83.6. The Morgan fingerprint density at radius 3 is 0.843 bits per heavy atom. The third-order valence-electron chi connectivity index (χ3n) is 28.7. The lowest BCUT2D eigenvalue weighted by Gasteiger charge is -2.31. The van der Waals surface area contributed by atoms with E-state index < -0.39 is 47.8 Å². The lowest BCUT2D eigenvalue weighted by atomic mass is 9.80. The smallest absolute Gasteiger partial charge is 0.346 e. The fraction of sp³-hybridized carbons (Fsp3) is 0.218. The van der Waals surface area contributed by atoms with Crippen molar-refractivity contribution < 1.29 is 95.7 Å². The van der Waals surface area contributed by atoms with E-state index in [1.54, 1.807) is 62.4 Å². The fourth-order valence-corrected chi connectivity index (χ4v) is 22.7. The maximum Gasteiger partial charge on any atom is 0.346 e. The second kappa shape index (κ2) is 30.3. The Morgan fingerprint density at radius 2 is 0.448 bits per heavy atom. The summed E-state index contributed by atoms with van der Waals surface area (Å²) in [5.74, 6) is -7.91. The molecule has 17 aromatic rings. The molecule has 660 valence electrons. The Balaban J connectivity index is 0.000000108. The average molecular weight is 1780 g/mol. The van der Waals surface area contributed by atoms with Gasteiger partial charge in [-0.05, 0) is 270 Å². The van der Waals surface area contributed by atoms with Crippen LogP contribution in [0.2, 0.25) is 0 Å². The summed E-state index contributed by atoms with van der Waals surface area (Å²) < 4.78 is 19.4. The van der Waals surface area contributed by atoms with Crippen LogP contribution in [-0.4, -0.2) is 142 Å². The quantitative estimate of drug-likeness (QED) is 0.0186. The number of benzene rings is 17. The van der Waals surface area contributed by atoms with Gasteiger partial charge in [0, 0.05) is 109 Å². The molecule has 0 atom stereocenters. The molecule has 0 radical (unpaired) electrons. The van der Waals surface area contributed by atoms with Crippen molar-refractivity contribution in [1.29, 1.82) is 0 Å². The van der Waals surface area contributed by atoms with E-state index in [2.05, 4.69) is 19.9 Å². The van der Waals surface area contributed by atoms with Gasteiger partial charge >= 0.3 is 47.8 Å². The first-order valence-corrected chi connectivity index (χ1v) is 45.1. The Labute approximate surface area is 761 Å². The number of carbonyl (C=O) groups is 16. The number of esters is 8. The third-order valence-corrected chi connectivity index (χ3v) is 28.7. The number of nitrogens with zero attached hydrogens (tertiary/aromatic N) is 4. The zero-order valence-electron chi connectivity index (χ0n) is 74.6. The first-order chi connectivity index (χ1) is 64.5. The van der Waals surface area contributed by atoms with Gasteiger partial charge in [-0.3, -0.25) is 58.0 Å². The molecular formula is C110H80N4O20. The first-order valence-electron chi connectivity index (χ1n) is 45.1. The number of amides is 8. The zero-order chi connectivity index (χ0) is 93.5. The van der Waals surface area contributed by atoms with Crippen molar-refractivity contribution in [1.82, 2.24) is 19.6 Å². The van der Waals surface area contributed by atoms with Crippen LogP contribution in [-0.2, 0) is 18.9 Å². The molecule has 8 aliphatic rings. The predicted molar refractivity (Wildman–Crippen MR) is 505 cm³/mol. The molecule has 8 heterocycles. The van der Waals surface area contributed by atoms with Crippen LogP contribution in [0.25, 0.3) is 140 Å². The molecule has 0 saturated heterocycles. The molecule has 0 unspecified atom stereocenters. The van der Waals surface area contributed by atoms with Crippen LogP contribution in [0.5, 0.6) is 0 Å². The van der Waals surface area contributed by atoms with Crippen molar-refractivity contribution in [2.24, 2.45) is 0 Å². The lowest BCUT2D eigenvalue weighted by molar-refractivity contribution is 0.0364. The number of cyclic esters (lactones) is 8. The molecule has 0 spiro atoms. The SMILES string of the molecule is CCCCCCCCN1C(=O)c2ccc3c4c(C)cc5c6c(ccc(c7cc(C)c(c2c73)C1=O)c64)C(=O)N(CCCCCCCC)C5=O.CN1C(=O)c2ccc3c4ccc5c6c(ccc(c7ccc(c2c37)C1=O)c64)C(=O)N(C)C5=O.Cc1cc2c3c(cc(C)c4c3c1C(=O)OC4=O)C(=O)OC2=O.Cc1cc2c3c(ccc4c5c(C)cc6c7c(ccc(c1c34)c75)C(=O)OC6=O)C(=O)OC2=O. The molecule has 24 nitrogen and oxygen atoms in total. The number of aryl methyl sites for hydroxylation is 6. The van der Waals surface area contributed by atoms with Gasteiger partial charge < -0.3 is 18.9 Å². The lowest BCUT2D eigenvalue weighted by Crippen LogP contribution is -2.41. The van der Waals surface area contributed by atoms with Crippen molar-refractivity contribution in [2.45, 2.75) is 132 Å².